The fourth-order valence-electron chi connectivity index (χ4n) is 3.67. The molecular formula is C37H72O7P2. The normalized spacial score (nSPS) is 11.3. The number of phenolic OH excluding ortho intramolecular Hbond substituents is 2. The van der Waals surface area contributed by atoms with E-state index in [-0.39, 0.29) is 11.9 Å². The van der Waals surface area contributed by atoms with Crippen molar-refractivity contribution >= 4 is 15.0 Å². The quantitative estimate of drug-likeness (QED) is 0.239. The van der Waals surface area contributed by atoms with Gasteiger partial charge in [-0.05, 0) is 81.8 Å². The lowest BCUT2D eigenvalue weighted by atomic mass is 10.1. The van der Waals surface area contributed by atoms with Crippen LogP contribution in [-0.4, -0.2) is 36.7 Å². The second kappa shape index (κ2) is 30.7. The van der Waals surface area contributed by atoms with Crippen molar-refractivity contribution in [2.24, 2.45) is 0 Å². The maximum atomic E-state index is 12.4. The van der Waals surface area contributed by atoms with Crippen LogP contribution in [0.15, 0.2) is 24.3 Å². The molecule has 2 rings (SSSR count). The predicted octanol–water partition coefficient (Wildman–Crippen LogP) is 12.9. The van der Waals surface area contributed by atoms with Gasteiger partial charge < -0.3 is 23.8 Å². The summed E-state index contributed by atoms with van der Waals surface area (Å²) in [6.45, 7) is 32.6. The Bertz CT molecular complexity index is 1050. The van der Waals surface area contributed by atoms with Crippen LogP contribution >= 0.6 is 15.0 Å². The second-order valence-corrected chi connectivity index (χ2v) is 15.8. The maximum Gasteiger partial charge on any atom is 0.335 e. The zero-order valence-electron chi connectivity index (χ0n) is 32.5. The summed E-state index contributed by atoms with van der Waals surface area (Å²) >= 11 is 0. The molecule has 1 unspecified atom stereocenters. The topological polar surface area (TPSA) is 102 Å². The zero-order valence-corrected chi connectivity index (χ0v) is 34.3. The van der Waals surface area contributed by atoms with E-state index in [0.717, 1.165) is 33.4 Å². The summed E-state index contributed by atoms with van der Waals surface area (Å²) in [5.41, 5.74) is 4.97. The highest BCUT2D eigenvalue weighted by atomic mass is 31.2. The van der Waals surface area contributed by atoms with Gasteiger partial charge in [-0.3, -0.25) is 9.13 Å². The van der Waals surface area contributed by atoms with Crippen molar-refractivity contribution in [1.82, 2.24) is 0 Å². The van der Waals surface area contributed by atoms with Gasteiger partial charge in [-0.25, -0.2) is 0 Å². The van der Waals surface area contributed by atoms with Crippen molar-refractivity contribution in [2.45, 2.75) is 142 Å². The second-order valence-electron chi connectivity index (χ2n) is 11.2. The van der Waals surface area contributed by atoms with Gasteiger partial charge in [0, 0.05) is 12.8 Å². The highest BCUT2D eigenvalue weighted by Crippen LogP contribution is 2.51. The lowest BCUT2D eigenvalue weighted by molar-refractivity contribution is 0.219. The van der Waals surface area contributed by atoms with E-state index in [9.17, 15) is 19.3 Å². The molecule has 0 amide bonds. The Labute approximate surface area is 284 Å². The van der Waals surface area contributed by atoms with Gasteiger partial charge in [-0.1, -0.05) is 105 Å². The van der Waals surface area contributed by atoms with E-state index in [1.165, 1.54) is 25.7 Å². The number of phenols is 2. The van der Waals surface area contributed by atoms with E-state index in [4.69, 9.17) is 13.6 Å². The van der Waals surface area contributed by atoms with Gasteiger partial charge in [0.2, 0.25) is 7.37 Å². The molecule has 1 atom stereocenters. The SMILES string of the molecule is CCC.CCC.CCC.CCC.CCOP(=O)(Cc1cc(C)c(O)c(C)c1)OCC.CCOP(C)(=O)Cc1cc(C)c(O)c(C)c1. The molecule has 0 aliphatic rings. The summed E-state index contributed by atoms with van der Waals surface area (Å²) in [5, 5.41) is 19.3. The molecule has 0 heterocycles. The van der Waals surface area contributed by atoms with Gasteiger partial charge in [0.05, 0.1) is 26.0 Å². The van der Waals surface area contributed by atoms with Crippen LogP contribution in [0.25, 0.3) is 0 Å². The minimum Gasteiger partial charge on any atom is -0.507 e. The van der Waals surface area contributed by atoms with Gasteiger partial charge in [0.25, 0.3) is 0 Å². The molecule has 0 aliphatic carbocycles. The molecule has 46 heavy (non-hydrogen) atoms. The Balaban J connectivity index is -0.000000286. The third kappa shape index (κ3) is 26.4. The average Bonchev–Trinajstić information content (AvgIpc) is 2.92. The Morgan fingerprint density at radius 2 is 0.739 bits per heavy atom. The summed E-state index contributed by atoms with van der Waals surface area (Å²) in [4.78, 5) is 0. The zero-order chi connectivity index (χ0) is 36.9. The first-order valence-corrected chi connectivity index (χ1v) is 21.1. The van der Waals surface area contributed by atoms with E-state index in [1.807, 2.05) is 58.9 Å². The number of rotatable bonds is 10. The van der Waals surface area contributed by atoms with Crippen molar-refractivity contribution in [3.63, 3.8) is 0 Å². The molecule has 0 bridgehead atoms. The smallest absolute Gasteiger partial charge is 0.335 e. The van der Waals surface area contributed by atoms with E-state index >= 15 is 0 Å². The molecule has 0 fully saturated rings. The Kier molecular flexibility index (Phi) is 34.2. The molecule has 9 heteroatoms. The number of hydrogen-bond acceptors (Lipinski definition) is 7. The number of benzene rings is 2. The van der Waals surface area contributed by atoms with E-state index < -0.39 is 15.0 Å². The van der Waals surface area contributed by atoms with E-state index in [0.29, 0.717) is 31.7 Å². The van der Waals surface area contributed by atoms with Crippen molar-refractivity contribution < 1.29 is 32.9 Å². The monoisotopic (exact) mass is 690 g/mol. The highest BCUT2D eigenvalue weighted by Gasteiger charge is 2.24. The number of aromatic hydroxyl groups is 2. The lowest BCUT2D eigenvalue weighted by Gasteiger charge is -2.17. The van der Waals surface area contributed by atoms with Gasteiger partial charge >= 0.3 is 7.60 Å². The predicted molar refractivity (Wildman–Crippen MR) is 202 cm³/mol. The molecule has 7 nitrogen and oxygen atoms in total. The molecule has 2 aromatic rings. The van der Waals surface area contributed by atoms with E-state index in [2.05, 4.69) is 55.4 Å². The van der Waals surface area contributed by atoms with Crippen LogP contribution in [0.2, 0.25) is 0 Å². The van der Waals surface area contributed by atoms with Gasteiger partial charge in [0.1, 0.15) is 11.5 Å². The molecule has 2 aromatic carbocycles. The summed E-state index contributed by atoms with van der Waals surface area (Å²) in [7, 11) is -5.63. The molecular weight excluding hydrogens is 618 g/mol. The fourth-order valence-corrected chi connectivity index (χ4v) is 6.83. The Morgan fingerprint density at radius 3 is 0.978 bits per heavy atom. The van der Waals surface area contributed by atoms with Crippen molar-refractivity contribution in [3.8, 4) is 11.5 Å². The fraction of sp³-hybridized carbons (Fsp3) is 0.676. The van der Waals surface area contributed by atoms with Crippen LogP contribution in [0.1, 0.15) is 135 Å². The highest BCUT2D eigenvalue weighted by molar-refractivity contribution is 7.57. The first-order chi connectivity index (χ1) is 21.4. The third-order valence-electron chi connectivity index (χ3n) is 5.00. The summed E-state index contributed by atoms with van der Waals surface area (Å²) in [6.07, 6.45) is 5.65. The van der Waals surface area contributed by atoms with Crippen LogP contribution in [0.4, 0.5) is 0 Å². The minimum atomic E-state index is -3.08. The van der Waals surface area contributed by atoms with E-state index in [1.54, 1.807) is 20.5 Å². The first-order valence-electron chi connectivity index (χ1n) is 17.1. The lowest BCUT2D eigenvalue weighted by Crippen LogP contribution is -1.99. The van der Waals surface area contributed by atoms with Crippen LogP contribution < -0.4 is 0 Å². The van der Waals surface area contributed by atoms with Gasteiger partial charge in [-0.2, -0.15) is 0 Å². The average molecular weight is 691 g/mol. The molecule has 0 aliphatic heterocycles. The van der Waals surface area contributed by atoms with Crippen molar-refractivity contribution in [2.75, 3.05) is 26.5 Å². The molecule has 0 saturated heterocycles. The van der Waals surface area contributed by atoms with Crippen LogP contribution in [0.5, 0.6) is 11.5 Å². The third-order valence-corrected chi connectivity index (χ3v) is 8.80. The number of hydrogen-bond donors (Lipinski definition) is 2. The van der Waals surface area contributed by atoms with Crippen molar-refractivity contribution in [1.29, 1.82) is 0 Å². The standard InChI is InChI=1S/C13H21O4P.C12H19O3P.4C3H8/c1-5-16-18(15,17-6-2)9-12-7-10(3)13(14)11(4)8-12;1-5-15-16(4,14)8-11-6-9(2)12(13)10(3)7-11;4*1-3-2/h7-8,14H,5-6,9H2,1-4H3;6-7,13H,5,8H2,1-4H3;4*3H2,1-2H3. The molecule has 2 N–H and O–H groups in total. The molecule has 0 saturated carbocycles. The van der Waals surface area contributed by atoms with Crippen LogP contribution in [-0.2, 0) is 35.0 Å². The molecule has 0 radical (unpaired) electrons. The van der Waals surface area contributed by atoms with Gasteiger partial charge in [0.15, 0.2) is 0 Å². The van der Waals surface area contributed by atoms with Crippen LogP contribution in [0.3, 0.4) is 0 Å². The molecule has 0 spiro atoms. The van der Waals surface area contributed by atoms with Crippen molar-refractivity contribution in [3.05, 3.63) is 57.6 Å². The van der Waals surface area contributed by atoms with Gasteiger partial charge in [-0.15, -0.1) is 0 Å². The largest absolute Gasteiger partial charge is 0.507 e. The molecule has 0 aromatic heterocycles. The Hall–Kier alpha value is -1.62. The van der Waals surface area contributed by atoms with Crippen LogP contribution in [0, 0.1) is 27.7 Å². The molecule has 272 valence electrons. The summed E-state index contributed by atoms with van der Waals surface area (Å²) in [6, 6.07) is 7.34. The summed E-state index contributed by atoms with van der Waals surface area (Å²) < 4.78 is 40.1. The maximum absolute atomic E-state index is 12.4. The first kappa shape index (κ1) is 51.2. The summed E-state index contributed by atoms with van der Waals surface area (Å²) in [5.74, 6) is 0.590. The number of aryl methyl sites for hydroxylation is 4. The minimum absolute atomic E-state index is 0.233. The Morgan fingerprint density at radius 1 is 0.500 bits per heavy atom.